The van der Waals surface area contributed by atoms with Crippen molar-refractivity contribution in [3.05, 3.63) is 0 Å². The van der Waals surface area contributed by atoms with E-state index in [4.69, 9.17) is 37.0 Å². The molecule has 0 rings (SSSR count). The van der Waals surface area contributed by atoms with E-state index in [1.54, 1.807) is 0 Å². The lowest BCUT2D eigenvalue weighted by Gasteiger charge is -2.21. The Morgan fingerprint density at radius 1 is 0.312 bits per heavy atom. The van der Waals surface area contributed by atoms with E-state index in [1.165, 1.54) is 193 Å². The summed E-state index contributed by atoms with van der Waals surface area (Å²) in [4.78, 5) is 72.7. The molecule has 0 amide bonds. The van der Waals surface area contributed by atoms with Crippen LogP contribution in [0.25, 0.3) is 0 Å². The summed E-state index contributed by atoms with van der Waals surface area (Å²) in [7, 11) is -9.90. The molecule has 0 spiro atoms. The number of carbonyl (C=O) groups excluding carboxylic acids is 4. The Labute approximate surface area is 568 Å². The number of hydrogen-bond acceptors (Lipinski definition) is 15. The van der Waals surface area contributed by atoms with Crippen molar-refractivity contribution in [2.24, 2.45) is 11.8 Å². The summed E-state index contributed by atoms with van der Waals surface area (Å²) in [6, 6.07) is 0. The second kappa shape index (κ2) is 66.0. The molecule has 0 aromatic rings. The minimum atomic E-state index is -4.95. The minimum absolute atomic E-state index is 0.106. The van der Waals surface area contributed by atoms with E-state index >= 15 is 0 Å². The van der Waals surface area contributed by atoms with Gasteiger partial charge in [0.25, 0.3) is 0 Å². The molecule has 0 aliphatic rings. The fraction of sp³-hybridized carbons (Fsp3) is 0.946. The van der Waals surface area contributed by atoms with Crippen LogP contribution in [0.1, 0.15) is 382 Å². The smallest absolute Gasteiger partial charge is 0.462 e. The van der Waals surface area contributed by atoms with Crippen molar-refractivity contribution in [1.29, 1.82) is 0 Å². The van der Waals surface area contributed by atoms with E-state index in [9.17, 15) is 43.2 Å². The van der Waals surface area contributed by atoms with E-state index in [-0.39, 0.29) is 25.7 Å². The van der Waals surface area contributed by atoms with E-state index in [0.717, 1.165) is 108 Å². The highest BCUT2D eigenvalue weighted by atomic mass is 31.2. The van der Waals surface area contributed by atoms with E-state index < -0.39 is 97.5 Å². The summed E-state index contributed by atoms with van der Waals surface area (Å²) in [6.45, 7) is 9.60. The predicted octanol–water partition coefficient (Wildman–Crippen LogP) is 21.6. The monoisotopic (exact) mass is 1370 g/mol. The molecule has 552 valence electrons. The average Bonchev–Trinajstić information content (AvgIpc) is 1.88. The Kier molecular flexibility index (Phi) is 64.6. The van der Waals surface area contributed by atoms with Crippen LogP contribution in [0.4, 0.5) is 0 Å². The van der Waals surface area contributed by atoms with Crippen LogP contribution in [0.15, 0.2) is 0 Å². The van der Waals surface area contributed by atoms with Crippen LogP contribution in [0.3, 0.4) is 0 Å². The molecule has 17 nitrogen and oxygen atoms in total. The molecule has 0 aliphatic carbocycles. The third-order valence-corrected chi connectivity index (χ3v) is 19.5. The number of aliphatic hydroxyl groups is 1. The number of carbonyl (C=O) groups is 4. The SMILES string of the molecule is CCCCCCCCCCCCCCCCCCC(=O)O[C@H](COC(=O)CCCCCCCCCCCCCCC(C)C)COP(=O)(O)OC[C@@H](O)COP(=O)(O)OC[C@@H](COC(=O)CCCCCCCCCC)OC(=O)CCCCCCCCCCCCC(C)CC. The highest BCUT2D eigenvalue weighted by Crippen LogP contribution is 2.45. The summed E-state index contributed by atoms with van der Waals surface area (Å²) in [6.07, 6.45) is 52.6. The molecular weight excluding hydrogens is 1220 g/mol. The van der Waals surface area contributed by atoms with Gasteiger partial charge in [0.1, 0.15) is 19.3 Å². The zero-order chi connectivity index (χ0) is 68.6. The summed E-state index contributed by atoms with van der Waals surface area (Å²) < 4.78 is 68.4. The summed E-state index contributed by atoms with van der Waals surface area (Å²) in [5, 5.41) is 10.6. The highest BCUT2D eigenvalue weighted by Gasteiger charge is 2.30. The Hall–Kier alpha value is -1.94. The van der Waals surface area contributed by atoms with Crippen molar-refractivity contribution < 1.29 is 80.2 Å². The number of phosphoric ester groups is 2. The van der Waals surface area contributed by atoms with Crippen LogP contribution < -0.4 is 0 Å². The van der Waals surface area contributed by atoms with Crippen molar-refractivity contribution in [2.45, 2.75) is 400 Å². The summed E-state index contributed by atoms with van der Waals surface area (Å²) in [5.41, 5.74) is 0. The van der Waals surface area contributed by atoms with E-state index in [0.29, 0.717) is 25.7 Å². The molecule has 0 aromatic heterocycles. The molecule has 0 heterocycles. The van der Waals surface area contributed by atoms with Crippen molar-refractivity contribution >= 4 is 39.5 Å². The number of esters is 4. The molecule has 0 aliphatic heterocycles. The number of rotatable bonds is 73. The Balaban J connectivity index is 5.23. The van der Waals surface area contributed by atoms with Crippen molar-refractivity contribution in [3.8, 4) is 0 Å². The van der Waals surface area contributed by atoms with E-state index in [1.807, 2.05) is 0 Å². The van der Waals surface area contributed by atoms with Crippen LogP contribution in [0.2, 0.25) is 0 Å². The zero-order valence-electron chi connectivity index (χ0n) is 60.6. The first kappa shape index (κ1) is 91.1. The van der Waals surface area contributed by atoms with Crippen molar-refractivity contribution in [1.82, 2.24) is 0 Å². The Morgan fingerprint density at radius 3 is 0.817 bits per heavy atom. The Morgan fingerprint density at radius 2 is 0.548 bits per heavy atom. The van der Waals surface area contributed by atoms with Gasteiger partial charge in [0.05, 0.1) is 26.4 Å². The largest absolute Gasteiger partial charge is 0.472 e. The van der Waals surface area contributed by atoms with Crippen LogP contribution >= 0.6 is 15.6 Å². The molecule has 0 saturated carbocycles. The third kappa shape index (κ3) is 67.0. The second-order valence-corrected chi connectivity index (χ2v) is 30.3. The van der Waals surface area contributed by atoms with Gasteiger partial charge in [0.2, 0.25) is 0 Å². The molecule has 0 fully saturated rings. The van der Waals surface area contributed by atoms with Gasteiger partial charge in [-0.25, -0.2) is 9.13 Å². The fourth-order valence-electron chi connectivity index (χ4n) is 11.3. The first-order valence-corrected chi connectivity index (χ1v) is 41.5. The number of aliphatic hydroxyl groups excluding tert-OH is 1. The quantitative estimate of drug-likeness (QED) is 0.0222. The highest BCUT2D eigenvalue weighted by molar-refractivity contribution is 7.47. The number of hydrogen-bond donors (Lipinski definition) is 3. The van der Waals surface area contributed by atoms with Crippen LogP contribution in [0, 0.1) is 11.8 Å². The molecule has 93 heavy (non-hydrogen) atoms. The molecular formula is C74H144O17P2. The molecule has 0 radical (unpaired) electrons. The standard InChI is InChI=1S/C74H144O17P2/c1-7-10-12-14-16-18-19-20-21-22-23-28-34-40-46-52-58-73(78)91-70(63-85-72(77)57-51-45-39-33-27-25-24-26-31-36-42-48-54-66(4)5)65-89-93(82,83)87-61-68(75)60-86-92(80,81)88-64-69(62-84-71(76)56-50-44-38-17-15-13-11-8-2)90-74(79)59-53-47-41-35-30-29-32-37-43-49-55-67(6)9-3/h66-70,75H,7-65H2,1-6H3,(H,80,81)(H,82,83)/t67?,68-,69+,70+/m0/s1. The molecule has 0 bridgehead atoms. The second-order valence-electron chi connectivity index (χ2n) is 27.4. The minimum Gasteiger partial charge on any atom is -0.462 e. The maximum Gasteiger partial charge on any atom is 0.472 e. The number of ether oxygens (including phenoxy) is 4. The van der Waals surface area contributed by atoms with Gasteiger partial charge in [-0.1, -0.05) is 330 Å². The molecule has 0 aromatic carbocycles. The van der Waals surface area contributed by atoms with Crippen molar-refractivity contribution in [3.63, 3.8) is 0 Å². The first-order chi connectivity index (χ1) is 44.9. The average molecular weight is 1370 g/mol. The lowest BCUT2D eigenvalue weighted by Crippen LogP contribution is -2.30. The lowest BCUT2D eigenvalue weighted by atomic mass is 9.99. The fourth-order valence-corrected chi connectivity index (χ4v) is 12.8. The van der Waals surface area contributed by atoms with Crippen LogP contribution in [-0.4, -0.2) is 96.7 Å². The van der Waals surface area contributed by atoms with Crippen LogP contribution in [-0.2, 0) is 65.4 Å². The molecule has 6 atom stereocenters. The summed E-state index contributed by atoms with van der Waals surface area (Å²) >= 11 is 0. The maximum atomic E-state index is 13.1. The number of phosphoric acid groups is 2. The lowest BCUT2D eigenvalue weighted by molar-refractivity contribution is -0.161. The molecule has 3 N–H and O–H groups in total. The van der Waals surface area contributed by atoms with Gasteiger partial charge in [0, 0.05) is 25.7 Å². The van der Waals surface area contributed by atoms with Crippen molar-refractivity contribution in [2.75, 3.05) is 39.6 Å². The molecule has 0 saturated heterocycles. The van der Waals surface area contributed by atoms with Gasteiger partial charge in [-0.15, -0.1) is 0 Å². The van der Waals surface area contributed by atoms with Crippen LogP contribution in [0.5, 0.6) is 0 Å². The maximum absolute atomic E-state index is 13.1. The normalized spacial score (nSPS) is 14.3. The van der Waals surface area contributed by atoms with Gasteiger partial charge < -0.3 is 33.8 Å². The molecule has 19 heteroatoms. The van der Waals surface area contributed by atoms with Gasteiger partial charge in [-0.3, -0.25) is 37.3 Å². The molecule has 3 unspecified atom stereocenters. The first-order valence-electron chi connectivity index (χ1n) is 38.5. The van der Waals surface area contributed by atoms with Gasteiger partial charge in [0.15, 0.2) is 12.2 Å². The third-order valence-electron chi connectivity index (χ3n) is 17.6. The van der Waals surface area contributed by atoms with Gasteiger partial charge >= 0.3 is 39.5 Å². The number of unbranched alkanes of at least 4 members (excludes halogenated alkanes) is 42. The topological polar surface area (TPSA) is 237 Å². The summed E-state index contributed by atoms with van der Waals surface area (Å²) in [5.74, 6) is -0.534. The van der Waals surface area contributed by atoms with Gasteiger partial charge in [-0.05, 0) is 37.5 Å². The zero-order valence-corrected chi connectivity index (χ0v) is 62.3. The Bertz CT molecular complexity index is 1810. The van der Waals surface area contributed by atoms with Gasteiger partial charge in [-0.2, -0.15) is 0 Å². The van der Waals surface area contributed by atoms with E-state index in [2.05, 4.69) is 41.5 Å². The predicted molar refractivity (Wildman–Crippen MR) is 377 cm³/mol.